The molecule has 0 aromatic heterocycles. The molecule has 2 rings (SSSR count). The molecule has 24 heavy (non-hydrogen) atoms. The summed E-state index contributed by atoms with van der Waals surface area (Å²) >= 11 is 0. The van der Waals surface area contributed by atoms with Crippen LogP contribution in [0.1, 0.15) is 18.1 Å². The normalized spacial score (nSPS) is 14.4. The largest absolute Gasteiger partial charge is 0.388 e. The average molecular weight is 344 g/mol. The molecule has 0 unspecified atom stereocenters. The second-order valence-electron chi connectivity index (χ2n) is 5.88. The molecule has 0 radical (unpaired) electrons. The van der Waals surface area contributed by atoms with Crippen LogP contribution in [-0.2, 0) is 22.1 Å². The van der Waals surface area contributed by atoms with Gasteiger partial charge in [-0.25, -0.2) is 0 Å². The van der Waals surface area contributed by atoms with Crippen LogP contribution in [0, 0.1) is 6.92 Å². The van der Waals surface area contributed by atoms with E-state index in [1.165, 1.54) is 0 Å². The quantitative estimate of drug-likeness (QED) is 0.744. The molecule has 0 heterocycles. The van der Waals surface area contributed by atoms with E-state index < -0.39 is 16.9 Å². The molecule has 0 aliphatic carbocycles. The Morgan fingerprint density at radius 2 is 1.83 bits per heavy atom. The molecule has 0 saturated heterocycles. The minimum atomic E-state index is -1.21. The van der Waals surface area contributed by atoms with Gasteiger partial charge >= 0.3 is 0 Å². The van der Waals surface area contributed by atoms with E-state index in [9.17, 15) is 9.32 Å². The summed E-state index contributed by atoms with van der Waals surface area (Å²) in [6.45, 7) is 4.88. The topological polar surface area (TPSA) is 46.5 Å². The lowest BCUT2D eigenvalue weighted by Gasteiger charge is -2.09. The van der Waals surface area contributed by atoms with E-state index in [1.807, 2.05) is 68.4 Å². The zero-order valence-corrected chi connectivity index (χ0v) is 15.0. The van der Waals surface area contributed by atoms with Gasteiger partial charge in [0.05, 0.1) is 35.9 Å². The van der Waals surface area contributed by atoms with Crippen molar-refractivity contribution in [3.63, 3.8) is 0 Å². The maximum absolute atomic E-state index is 12.2. The molecule has 0 aliphatic heterocycles. The first-order valence-corrected chi connectivity index (χ1v) is 9.28. The van der Waals surface area contributed by atoms with Crippen LogP contribution < -0.4 is 0 Å². The number of aryl methyl sites for hydroxylation is 1. The van der Waals surface area contributed by atoms with E-state index in [-0.39, 0.29) is 5.75 Å². The molecular weight excluding hydrogens is 320 g/mol. The molecule has 0 fully saturated rings. The summed E-state index contributed by atoms with van der Waals surface area (Å²) in [5, 5.41) is 10.1. The number of aliphatic hydroxyl groups excluding tert-OH is 1. The average Bonchev–Trinajstić information content (AvgIpc) is 2.56. The monoisotopic (exact) mass is 344 g/mol. The molecular formula is C20H24O3S. The maximum atomic E-state index is 12.2. The molecule has 0 aliphatic rings. The van der Waals surface area contributed by atoms with Crippen LogP contribution in [0.4, 0.5) is 0 Å². The predicted octanol–water partition coefficient (Wildman–Crippen LogP) is 3.63. The van der Waals surface area contributed by atoms with E-state index in [0.717, 1.165) is 21.6 Å². The van der Waals surface area contributed by atoms with E-state index in [4.69, 9.17) is 4.74 Å². The van der Waals surface area contributed by atoms with Crippen molar-refractivity contribution < 1.29 is 14.1 Å². The standard InChI is InChI=1S/C20H24O3S/c1-16-8-10-20(11-9-16)24(22)15-19(21)12-17(2)13-23-14-18-6-4-3-5-7-18/h3-12,19,21H,13-15H2,1-2H3/b17-12+/t19-,24-/m0/s1. The highest BCUT2D eigenvalue weighted by molar-refractivity contribution is 7.85. The summed E-state index contributed by atoms with van der Waals surface area (Å²) < 4.78 is 17.9. The third kappa shape index (κ3) is 6.40. The number of ether oxygens (including phenoxy) is 1. The van der Waals surface area contributed by atoms with Gasteiger partial charge in [-0.1, -0.05) is 54.1 Å². The Bertz CT molecular complexity index is 678. The van der Waals surface area contributed by atoms with Crippen LogP contribution in [0.3, 0.4) is 0 Å². The first-order chi connectivity index (χ1) is 11.5. The summed E-state index contributed by atoms with van der Waals surface area (Å²) in [5.74, 6) is 0.194. The Hall–Kier alpha value is -1.75. The number of aliphatic hydroxyl groups is 1. The number of hydrogen-bond acceptors (Lipinski definition) is 3. The highest BCUT2D eigenvalue weighted by Gasteiger charge is 2.09. The molecule has 2 aromatic rings. The summed E-state index contributed by atoms with van der Waals surface area (Å²) in [4.78, 5) is 0.742. The molecule has 128 valence electrons. The van der Waals surface area contributed by atoms with Crippen molar-refractivity contribution in [3.05, 3.63) is 77.4 Å². The van der Waals surface area contributed by atoms with Gasteiger partial charge in [0.2, 0.25) is 0 Å². The van der Waals surface area contributed by atoms with Crippen molar-refractivity contribution in [2.75, 3.05) is 12.4 Å². The molecule has 2 atom stereocenters. The van der Waals surface area contributed by atoms with Gasteiger partial charge in [-0.15, -0.1) is 0 Å². The van der Waals surface area contributed by atoms with Gasteiger partial charge in [0.15, 0.2) is 0 Å². The first-order valence-electron chi connectivity index (χ1n) is 7.96. The van der Waals surface area contributed by atoms with Crippen molar-refractivity contribution in [2.45, 2.75) is 31.5 Å². The van der Waals surface area contributed by atoms with Crippen LogP contribution in [0.5, 0.6) is 0 Å². The Balaban J connectivity index is 1.79. The van der Waals surface area contributed by atoms with Crippen molar-refractivity contribution in [2.24, 2.45) is 0 Å². The van der Waals surface area contributed by atoms with Crippen molar-refractivity contribution in [3.8, 4) is 0 Å². The third-order valence-corrected chi connectivity index (χ3v) is 4.97. The molecule has 0 spiro atoms. The number of hydrogen-bond donors (Lipinski definition) is 1. The summed E-state index contributed by atoms with van der Waals surface area (Å²) in [7, 11) is -1.21. The fourth-order valence-corrected chi connectivity index (χ4v) is 3.31. The van der Waals surface area contributed by atoms with Crippen LogP contribution >= 0.6 is 0 Å². The summed E-state index contributed by atoms with van der Waals surface area (Å²) in [6, 6.07) is 17.5. The fraction of sp³-hybridized carbons (Fsp3) is 0.300. The zero-order chi connectivity index (χ0) is 17.4. The maximum Gasteiger partial charge on any atom is 0.0843 e. The lowest BCUT2D eigenvalue weighted by molar-refractivity contribution is 0.141. The lowest BCUT2D eigenvalue weighted by Crippen LogP contribution is -2.15. The van der Waals surface area contributed by atoms with Gasteiger partial charge in [-0.05, 0) is 37.1 Å². The fourth-order valence-electron chi connectivity index (χ4n) is 2.27. The molecule has 0 amide bonds. The molecule has 1 N–H and O–H groups in total. The van der Waals surface area contributed by atoms with Gasteiger partial charge in [-0.2, -0.15) is 0 Å². The lowest BCUT2D eigenvalue weighted by atomic mass is 10.2. The minimum Gasteiger partial charge on any atom is -0.388 e. The van der Waals surface area contributed by atoms with Gasteiger partial charge in [0.1, 0.15) is 0 Å². The Kier molecular flexibility index (Phi) is 7.37. The first kappa shape index (κ1) is 18.6. The predicted molar refractivity (Wildman–Crippen MR) is 98.3 cm³/mol. The van der Waals surface area contributed by atoms with Crippen LogP contribution in [0.15, 0.2) is 71.1 Å². The molecule has 4 heteroatoms. The Labute approximate surface area is 146 Å². The minimum absolute atomic E-state index is 0.194. The van der Waals surface area contributed by atoms with Crippen molar-refractivity contribution in [1.82, 2.24) is 0 Å². The Morgan fingerprint density at radius 1 is 1.17 bits per heavy atom. The SMILES string of the molecule is C/C(=C\[C@H](O)C[S@](=O)c1ccc(C)cc1)COCc1ccccc1. The van der Waals surface area contributed by atoms with E-state index in [1.54, 1.807) is 6.08 Å². The summed E-state index contributed by atoms with van der Waals surface area (Å²) in [6.07, 6.45) is 0.976. The smallest absolute Gasteiger partial charge is 0.0843 e. The second kappa shape index (κ2) is 9.52. The molecule has 0 bridgehead atoms. The van der Waals surface area contributed by atoms with E-state index >= 15 is 0 Å². The number of benzene rings is 2. The number of rotatable bonds is 8. The Morgan fingerprint density at radius 3 is 2.50 bits per heavy atom. The van der Waals surface area contributed by atoms with Crippen LogP contribution in [0.2, 0.25) is 0 Å². The molecule has 2 aromatic carbocycles. The second-order valence-corrected chi connectivity index (χ2v) is 7.38. The zero-order valence-electron chi connectivity index (χ0n) is 14.1. The third-order valence-electron chi connectivity index (χ3n) is 3.52. The van der Waals surface area contributed by atoms with Crippen LogP contribution in [0.25, 0.3) is 0 Å². The van der Waals surface area contributed by atoms with Gasteiger partial charge in [0, 0.05) is 4.90 Å². The van der Waals surface area contributed by atoms with E-state index in [0.29, 0.717) is 13.2 Å². The molecule has 0 saturated carbocycles. The van der Waals surface area contributed by atoms with Crippen molar-refractivity contribution in [1.29, 1.82) is 0 Å². The van der Waals surface area contributed by atoms with Gasteiger partial charge < -0.3 is 9.84 Å². The summed E-state index contributed by atoms with van der Waals surface area (Å²) in [5.41, 5.74) is 3.17. The van der Waals surface area contributed by atoms with Crippen molar-refractivity contribution >= 4 is 10.8 Å². The van der Waals surface area contributed by atoms with Gasteiger partial charge in [-0.3, -0.25) is 4.21 Å². The van der Waals surface area contributed by atoms with Crippen LogP contribution in [-0.4, -0.2) is 27.8 Å². The van der Waals surface area contributed by atoms with Gasteiger partial charge in [0.25, 0.3) is 0 Å². The molecule has 3 nitrogen and oxygen atoms in total. The highest BCUT2D eigenvalue weighted by atomic mass is 32.2. The highest BCUT2D eigenvalue weighted by Crippen LogP contribution is 2.11. The van der Waals surface area contributed by atoms with E-state index in [2.05, 4.69) is 0 Å².